The lowest BCUT2D eigenvalue weighted by atomic mass is 10.1. The SMILES string of the molecule is Cc1cccc(CNc2cccc(N3CCN(C(=O)OC(C)(C)C)CC3)c2CN)c1. The molecule has 0 unspecified atom stereocenters. The summed E-state index contributed by atoms with van der Waals surface area (Å²) in [5.74, 6) is 0. The van der Waals surface area contributed by atoms with E-state index in [4.69, 9.17) is 10.5 Å². The third-order valence-electron chi connectivity index (χ3n) is 5.19. The monoisotopic (exact) mass is 410 g/mol. The van der Waals surface area contributed by atoms with Gasteiger partial charge in [-0.25, -0.2) is 4.79 Å². The van der Waals surface area contributed by atoms with Crippen LogP contribution in [-0.2, 0) is 17.8 Å². The summed E-state index contributed by atoms with van der Waals surface area (Å²) in [6.45, 7) is 11.8. The summed E-state index contributed by atoms with van der Waals surface area (Å²) in [6, 6.07) is 14.8. The minimum absolute atomic E-state index is 0.241. The fraction of sp³-hybridized carbons (Fsp3) is 0.458. The minimum atomic E-state index is -0.474. The molecule has 0 aliphatic carbocycles. The van der Waals surface area contributed by atoms with Crippen LogP contribution in [0.2, 0.25) is 0 Å². The number of hydrogen-bond donors (Lipinski definition) is 2. The van der Waals surface area contributed by atoms with Gasteiger partial charge in [0.05, 0.1) is 0 Å². The average molecular weight is 411 g/mol. The van der Waals surface area contributed by atoms with Gasteiger partial charge >= 0.3 is 6.09 Å². The van der Waals surface area contributed by atoms with Crippen molar-refractivity contribution in [3.63, 3.8) is 0 Å². The van der Waals surface area contributed by atoms with Crippen LogP contribution < -0.4 is 16.0 Å². The maximum Gasteiger partial charge on any atom is 0.410 e. The quantitative estimate of drug-likeness (QED) is 0.776. The minimum Gasteiger partial charge on any atom is -0.444 e. The van der Waals surface area contributed by atoms with Crippen LogP contribution in [0.5, 0.6) is 0 Å². The van der Waals surface area contributed by atoms with Crippen molar-refractivity contribution in [3.05, 3.63) is 59.2 Å². The summed E-state index contributed by atoms with van der Waals surface area (Å²) in [4.78, 5) is 16.4. The zero-order chi connectivity index (χ0) is 21.7. The van der Waals surface area contributed by atoms with Crippen molar-refractivity contribution >= 4 is 17.5 Å². The molecule has 1 aliphatic heterocycles. The Hall–Kier alpha value is -2.73. The van der Waals surface area contributed by atoms with Crippen LogP contribution >= 0.6 is 0 Å². The molecule has 3 rings (SSSR count). The maximum atomic E-state index is 12.3. The number of hydrogen-bond acceptors (Lipinski definition) is 5. The van der Waals surface area contributed by atoms with E-state index < -0.39 is 5.60 Å². The highest BCUT2D eigenvalue weighted by Gasteiger charge is 2.26. The lowest BCUT2D eigenvalue weighted by Crippen LogP contribution is -2.50. The smallest absolute Gasteiger partial charge is 0.410 e. The van der Waals surface area contributed by atoms with Crippen molar-refractivity contribution < 1.29 is 9.53 Å². The number of amides is 1. The molecule has 6 nitrogen and oxygen atoms in total. The van der Waals surface area contributed by atoms with Gasteiger partial charge in [-0.15, -0.1) is 0 Å². The molecule has 1 aliphatic rings. The molecule has 1 amide bonds. The van der Waals surface area contributed by atoms with Gasteiger partial charge in [-0.1, -0.05) is 35.9 Å². The maximum absolute atomic E-state index is 12.3. The predicted molar refractivity (Wildman–Crippen MR) is 123 cm³/mol. The number of ether oxygens (including phenoxy) is 1. The van der Waals surface area contributed by atoms with Crippen LogP contribution in [0.1, 0.15) is 37.5 Å². The Morgan fingerprint density at radius 1 is 1.10 bits per heavy atom. The van der Waals surface area contributed by atoms with Crippen molar-refractivity contribution in [1.82, 2.24) is 4.90 Å². The molecule has 0 radical (unpaired) electrons. The highest BCUT2D eigenvalue weighted by molar-refractivity contribution is 5.70. The van der Waals surface area contributed by atoms with E-state index in [0.29, 0.717) is 19.6 Å². The molecule has 2 aromatic carbocycles. The Morgan fingerprint density at radius 2 is 1.80 bits per heavy atom. The molecular weight excluding hydrogens is 376 g/mol. The molecule has 6 heteroatoms. The normalized spacial score (nSPS) is 14.6. The van der Waals surface area contributed by atoms with Gasteiger partial charge in [-0.05, 0) is 45.4 Å². The molecular formula is C24H34N4O2. The van der Waals surface area contributed by atoms with E-state index in [-0.39, 0.29) is 6.09 Å². The van der Waals surface area contributed by atoms with E-state index in [1.807, 2.05) is 20.8 Å². The molecule has 0 spiro atoms. The Labute approximate surface area is 180 Å². The molecule has 1 saturated heterocycles. The Morgan fingerprint density at radius 3 is 2.43 bits per heavy atom. The van der Waals surface area contributed by atoms with Crippen LogP contribution in [0, 0.1) is 6.92 Å². The second-order valence-electron chi connectivity index (χ2n) is 8.80. The number of carbonyl (C=O) groups excluding carboxylic acids is 1. The Kier molecular flexibility index (Phi) is 6.87. The van der Waals surface area contributed by atoms with Crippen molar-refractivity contribution in [2.24, 2.45) is 5.73 Å². The fourth-order valence-electron chi connectivity index (χ4n) is 3.73. The summed E-state index contributed by atoms with van der Waals surface area (Å²) < 4.78 is 5.50. The number of benzene rings is 2. The zero-order valence-electron chi connectivity index (χ0n) is 18.6. The predicted octanol–water partition coefficient (Wildman–Crippen LogP) is 4.12. The summed E-state index contributed by atoms with van der Waals surface area (Å²) in [7, 11) is 0. The van der Waals surface area contributed by atoms with Crippen molar-refractivity contribution in [2.75, 3.05) is 36.4 Å². The third-order valence-corrected chi connectivity index (χ3v) is 5.19. The number of piperazine rings is 1. The van der Waals surface area contributed by atoms with Crippen LogP contribution in [0.25, 0.3) is 0 Å². The molecule has 0 aromatic heterocycles. The van der Waals surface area contributed by atoms with E-state index >= 15 is 0 Å². The van der Waals surface area contributed by atoms with Crippen LogP contribution in [0.3, 0.4) is 0 Å². The highest BCUT2D eigenvalue weighted by atomic mass is 16.6. The van der Waals surface area contributed by atoms with Crippen molar-refractivity contribution in [3.8, 4) is 0 Å². The van der Waals surface area contributed by atoms with Crippen molar-refractivity contribution in [2.45, 2.75) is 46.4 Å². The molecule has 0 saturated carbocycles. The second kappa shape index (κ2) is 9.39. The van der Waals surface area contributed by atoms with Gasteiger partial charge in [0, 0.05) is 56.2 Å². The largest absolute Gasteiger partial charge is 0.444 e. The highest BCUT2D eigenvalue weighted by Crippen LogP contribution is 2.29. The number of anilines is 2. The average Bonchev–Trinajstić information content (AvgIpc) is 2.71. The van der Waals surface area contributed by atoms with Gasteiger partial charge in [0.2, 0.25) is 0 Å². The van der Waals surface area contributed by atoms with Crippen LogP contribution in [0.4, 0.5) is 16.2 Å². The van der Waals surface area contributed by atoms with E-state index in [9.17, 15) is 4.79 Å². The molecule has 0 bridgehead atoms. The first-order chi connectivity index (χ1) is 14.3. The topological polar surface area (TPSA) is 70.8 Å². The van der Waals surface area contributed by atoms with Gasteiger partial charge in [-0.2, -0.15) is 0 Å². The first kappa shape index (κ1) is 22.0. The molecule has 3 N–H and O–H groups in total. The molecule has 30 heavy (non-hydrogen) atoms. The van der Waals surface area contributed by atoms with E-state index in [0.717, 1.165) is 36.6 Å². The summed E-state index contributed by atoms with van der Waals surface area (Å²) >= 11 is 0. The standard InChI is InChI=1S/C24H34N4O2/c1-18-7-5-8-19(15-18)17-26-21-9-6-10-22(20(21)16-25)27-11-13-28(14-12-27)23(29)30-24(2,3)4/h5-10,15,26H,11-14,16-17,25H2,1-4H3. The third kappa shape index (κ3) is 5.66. The number of rotatable bonds is 5. The molecule has 162 valence electrons. The van der Waals surface area contributed by atoms with Gasteiger partial charge < -0.3 is 25.6 Å². The zero-order valence-corrected chi connectivity index (χ0v) is 18.6. The van der Waals surface area contributed by atoms with Gasteiger partial charge in [-0.3, -0.25) is 0 Å². The first-order valence-electron chi connectivity index (χ1n) is 10.6. The van der Waals surface area contributed by atoms with E-state index in [1.54, 1.807) is 4.90 Å². The van der Waals surface area contributed by atoms with E-state index in [2.05, 4.69) is 59.6 Å². The lowest BCUT2D eigenvalue weighted by molar-refractivity contribution is 0.0240. The molecule has 1 fully saturated rings. The summed E-state index contributed by atoms with van der Waals surface area (Å²) in [5.41, 5.74) is 11.5. The molecule has 0 atom stereocenters. The van der Waals surface area contributed by atoms with E-state index in [1.165, 1.54) is 11.1 Å². The summed E-state index contributed by atoms with van der Waals surface area (Å²) in [6.07, 6.45) is -0.241. The summed E-state index contributed by atoms with van der Waals surface area (Å²) in [5, 5.41) is 3.55. The lowest BCUT2D eigenvalue weighted by Gasteiger charge is -2.37. The number of nitrogens with one attached hydrogen (secondary N) is 1. The first-order valence-corrected chi connectivity index (χ1v) is 10.6. The number of carbonyl (C=O) groups is 1. The van der Waals surface area contributed by atoms with Gasteiger partial charge in [0.15, 0.2) is 0 Å². The van der Waals surface area contributed by atoms with Crippen LogP contribution in [-0.4, -0.2) is 42.8 Å². The number of nitrogens with zero attached hydrogens (tertiary/aromatic N) is 2. The molecule has 2 aromatic rings. The Bertz CT molecular complexity index is 868. The number of aryl methyl sites for hydroxylation is 1. The van der Waals surface area contributed by atoms with Gasteiger partial charge in [0.25, 0.3) is 0 Å². The van der Waals surface area contributed by atoms with Gasteiger partial charge in [0.1, 0.15) is 5.60 Å². The molecule has 1 heterocycles. The Balaban J connectivity index is 1.67. The number of nitrogens with two attached hydrogens (primary N) is 1. The van der Waals surface area contributed by atoms with Crippen LogP contribution in [0.15, 0.2) is 42.5 Å². The fourth-order valence-corrected chi connectivity index (χ4v) is 3.73. The second-order valence-corrected chi connectivity index (χ2v) is 8.80. The van der Waals surface area contributed by atoms with Crippen molar-refractivity contribution in [1.29, 1.82) is 0 Å².